The fourth-order valence-electron chi connectivity index (χ4n) is 1.78. The molecule has 2 aromatic rings. The molecule has 2 rings (SSSR count). The van der Waals surface area contributed by atoms with Crippen molar-refractivity contribution in [1.82, 2.24) is 4.57 Å². The highest BCUT2D eigenvalue weighted by atomic mass is 16.4. The van der Waals surface area contributed by atoms with E-state index in [1.807, 2.05) is 6.92 Å². The fraction of sp³-hybridized carbons (Fsp3) is 0.333. The maximum Gasteiger partial charge on any atom is 0.226 e. The summed E-state index contributed by atoms with van der Waals surface area (Å²) in [6.07, 6.45) is 4.13. The molecule has 2 aromatic heterocycles. The normalized spacial score (nSPS) is 9.86. The quantitative estimate of drug-likeness (QED) is 0.876. The van der Waals surface area contributed by atoms with Crippen molar-refractivity contribution in [3.63, 3.8) is 0 Å². The Morgan fingerprint density at radius 1 is 1.05 bits per heavy atom. The molecule has 6 heteroatoms. The minimum absolute atomic E-state index is 0.127. The average molecular weight is 293 g/mol. The highest BCUT2D eigenvalue weighted by molar-refractivity contribution is 5.26. The van der Waals surface area contributed by atoms with E-state index in [1.54, 1.807) is 24.7 Å². The Labute approximate surface area is 121 Å². The Hall–Kier alpha value is -2.50. The summed E-state index contributed by atoms with van der Waals surface area (Å²) >= 11 is 0. The van der Waals surface area contributed by atoms with Crippen molar-refractivity contribution >= 4 is 0 Å². The Bertz CT molecular complexity index is 715. The van der Waals surface area contributed by atoms with E-state index in [0.29, 0.717) is 24.3 Å². The highest BCUT2D eigenvalue weighted by Gasteiger charge is 2.04. The van der Waals surface area contributed by atoms with Crippen LogP contribution in [0.4, 0.5) is 0 Å². The highest BCUT2D eigenvalue weighted by Crippen LogP contribution is 2.10. The molecule has 2 N–H and O–H groups in total. The minimum Gasteiger partial charge on any atom is -0.503 e. The van der Waals surface area contributed by atoms with E-state index >= 15 is 0 Å². The van der Waals surface area contributed by atoms with Gasteiger partial charge in [0, 0.05) is 31.8 Å². The second-order valence-corrected chi connectivity index (χ2v) is 4.35. The summed E-state index contributed by atoms with van der Waals surface area (Å²) in [6, 6.07) is 2.54. The van der Waals surface area contributed by atoms with Gasteiger partial charge in [0.15, 0.2) is 5.75 Å². The van der Waals surface area contributed by atoms with Crippen molar-refractivity contribution in [1.29, 1.82) is 0 Å². The lowest BCUT2D eigenvalue weighted by Crippen LogP contribution is -2.08. The van der Waals surface area contributed by atoms with E-state index in [1.165, 1.54) is 18.4 Å². The molecule has 6 nitrogen and oxygen atoms in total. The van der Waals surface area contributed by atoms with E-state index < -0.39 is 0 Å². The van der Waals surface area contributed by atoms with Crippen molar-refractivity contribution in [2.75, 3.05) is 0 Å². The zero-order valence-electron chi connectivity index (χ0n) is 12.3. The third-order valence-electron chi connectivity index (χ3n) is 2.97. The zero-order valence-corrected chi connectivity index (χ0v) is 12.3. The van der Waals surface area contributed by atoms with Crippen LogP contribution in [0.2, 0.25) is 0 Å². The Kier molecular flexibility index (Phi) is 5.78. The maximum absolute atomic E-state index is 10.9. The van der Waals surface area contributed by atoms with Gasteiger partial charge < -0.3 is 19.2 Å². The van der Waals surface area contributed by atoms with E-state index in [4.69, 9.17) is 9.52 Å². The number of nitrogens with zero attached hydrogens (tertiary/aromatic N) is 1. The molecule has 0 unspecified atom stereocenters. The number of pyridine rings is 1. The summed E-state index contributed by atoms with van der Waals surface area (Å²) in [4.78, 5) is 21.6. The summed E-state index contributed by atoms with van der Waals surface area (Å²) in [5.74, 6) is -0.0602. The maximum atomic E-state index is 10.9. The van der Waals surface area contributed by atoms with Gasteiger partial charge in [-0.15, -0.1) is 0 Å². The second-order valence-electron chi connectivity index (χ2n) is 4.35. The third kappa shape index (κ3) is 3.98. The van der Waals surface area contributed by atoms with Gasteiger partial charge in [-0.05, 0) is 6.42 Å². The Morgan fingerprint density at radius 3 is 2.14 bits per heavy atom. The zero-order chi connectivity index (χ0) is 16.0. The lowest BCUT2D eigenvalue weighted by molar-refractivity contribution is 0.402. The topological polar surface area (TPSA) is 92.7 Å². The van der Waals surface area contributed by atoms with Gasteiger partial charge in [0.1, 0.15) is 5.76 Å². The van der Waals surface area contributed by atoms with Crippen LogP contribution in [0, 0.1) is 0 Å². The van der Waals surface area contributed by atoms with E-state index in [2.05, 4.69) is 0 Å². The minimum atomic E-state index is -0.386. The number of hydrogen-bond donors (Lipinski definition) is 2. The van der Waals surface area contributed by atoms with Crippen LogP contribution >= 0.6 is 0 Å². The van der Waals surface area contributed by atoms with Crippen LogP contribution < -0.4 is 10.9 Å². The first-order valence-electron chi connectivity index (χ1n) is 6.59. The van der Waals surface area contributed by atoms with Crippen molar-refractivity contribution in [2.45, 2.75) is 26.7 Å². The molecule has 0 atom stereocenters. The lowest BCUT2D eigenvalue weighted by Gasteiger charge is -2.06. The number of hydrogen-bond acceptors (Lipinski definition) is 5. The second kappa shape index (κ2) is 7.33. The first kappa shape index (κ1) is 16.6. The SMILES string of the molecule is CCc1c(O)c(=O)ccn1C.CCc1occc(=O)c1O. The molecular weight excluding hydrogens is 274 g/mol. The fourth-order valence-corrected chi connectivity index (χ4v) is 1.78. The molecule has 0 saturated carbocycles. The molecule has 0 aliphatic heterocycles. The number of aromatic nitrogens is 1. The molecule has 0 aliphatic rings. The van der Waals surface area contributed by atoms with Crippen molar-refractivity contribution in [3.05, 3.63) is 56.5 Å². The summed E-state index contributed by atoms with van der Waals surface area (Å²) in [6.45, 7) is 3.70. The van der Waals surface area contributed by atoms with Crippen LogP contribution in [0.3, 0.4) is 0 Å². The average Bonchev–Trinajstić information content (AvgIpc) is 2.47. The number of rotatable bonds is 2. The number of aryl methyl sites for hydroxylation is 2. The van der Waals surface area contributed by atoms with Gasteiger partial charge in [-0.3, -0.25) is 9.59 Å². The smallest absolute Gasteiger partial charge is 0.226 e. The first-order chi connectivity index (χ1) is 9.92. The Balaban J connectivity index is 0.000000211. The van der Waals surface area contributed by atoms with Gasteiger partial charge in [0.2, 0.25) is 16.6 Å². The molecule has 0 aliphatic carbocycles. The monoisotopic (exact) mass is 293 g/mol. The summed E-state index contributed by atoms with van der Waals surface area (Å²) < 4.78 is 6.58. The van der Waals surface area contributed by atoms with Crippen LogP contribution in [0.15, 0.2) is 38.6 Å². The first-order valence-corrected chi connectivity index (χ1v) is 6.59. The van der Waals surface area contributed by atoms with E-state index in [0.717, 1.165) is 0 Å². The van der Waals surface area contributed by atoms with Crippen molar-refractivity contribution in [2.24, 2.45) is 7.05 Å². The molecule has 21 heavy (non-hydrogen) atoms. The van der Waals surface area contributed by atoms with E-state index in [9.17, 15) is 14.7 Å². The lowest BCUT2D eigenvalue weighted by atomic mass is 10.2. The van der Waals surface area contributed by atoms with Crippen molar-refractivity contribution < 1.29 is 14.6 Å². The predicted molar refractivity (Wildman–Crippen MR) is 78.7 cm³/mol. The molecule has 0 fully saturated rings. The van der Waals surface area contributed by atoms with Gasteiger partial charge >= 0.3 is 0 Å². The largest absolute Gasteiger partial charge is 0.503 e. The standard InChI is InChI=1S/C8H11NO2.C7H8O3/c1-3-6-8(11)7(10)4-5-9(6)2;1-2-6-7(9)5(8)3-4-10-6/h4-5,11H,3H2,1-2H3;3-4,9H,2H2,1H3. The third-order valence-corrected chi connectivity index (χ3v) is 2.97. The van der Waals surface area contributed by atoms with Crippen LogP contribution in [-0.4, -0.2) is 14.8 Å². The van der Waals surface area contributed by atoms with Gasteiger partial charge in [0.05, 0.1) is 12.0 Å². The van der Waals surface area contributed by atoms with E-state index in [-0.39, 0.29) is 22.4 Å². The Morgan fingerprint density at radius 2 is 1.67 bits per heavy atom. The molecule has 0 bridgehead atoms. The van der Waals surface area contributed by atoms with Gasteiger partial charge in [-0.25, -0.2) is 0 Å². The molecule has 0 amide bonds. The molecule has 2 heterocycles. The molecule has 0 spiro atoms. The summed E-state index contributed by atoms with van der Waals surface area (Å²) in [7, 11) is 1.80. The number of aromatic hydroxyl groups is 2. The summed E-state index contributed by atoms with van der Waals surface area (Å²) in [5.41, 5.74) is -0.0134. The van der Waals surface area contributed by atoms with Crippen LogP contribution in [0.25, 0.3) is 0 Å². The predicted octanol–water partition coefficient (Wildman–Crippen LogP) is 1.56. The van der Waals surface area contributed by atoms with Gasteiger partial charge in [-0.1, -0.05) is 13.8 Å². The van der Waals surface area contributed by atoms with Crippen LogP contribution in [-0.2, 0) is 19.9 Å². The van der Waals surface area contributed by atoms with Gasteiger partial charge in [0.25, 0.3) is 0 Å². The molecule has 0 radical (unpaired) electrons. The summed E-state index contributed by atoms with van der Waals surface area (Å²) in [5, 5.41) is 18.2. The van der Waals surface area contributed by atoms with Crippen LogP contribution in [0.1, 0.15) is 25.3 Å². The molecule has 0 saturated heterocycles. The molecular formula is C15H19NO5. The van der Waals surface area contributed by atoms with Gasteiger partial charge in [-0.2, -0.15) is 0 Å². The van der Waals surface area contributed by atoms with Crippen molar-refractivity contribution in [3.8, 4) is 11.5 Å². The van der Waals surface area contributed by atoms with Crippen LogP contribution in [0.5, 0.6) is 11.5 Å². The molecule has 0 aromatic carbocycles. The molecule has 114 valence electrons.